The van der Waals surface area contributed by atoms with Crippen LogP contribution in [0, 0.1) is 0 Å². The van der Waals surface area contributed by atoms with Gasteiger partial charge >= 0.3 is 5.97 Å². The van der Waals surface area contributed by atoms with Crippen molar-refractivity contribution in [3.63, 3.8) is 0 Å². The fourth-order valence-corrected chi connectivity index (χ4v) is 1.05. The maximum absolute atomic E-state index is 8.58. The van der Waals surface area contributed by atoms with Crippen molar-refractivity contribution >= 4 is 0 Å². The third kappa shape index (κ3) is 5.90. The Morgan fingerprint density at radius 3 is 2.14 bits per heavy atom. The Balaban J connectivity index is 0.00000169. The molecule has 0 heterocycles. The van der Waals surface area contributed by atoms with Gasteiger partial charge in [-0.25, -0.2) is 0 Å². The Bertz CT molecular complexity index is 248. The lowest BCUT2D eigenvalue weighted by molar-refractivity contribution is -0.701. The van der Waals surface area contributed by atoms with Gasteiger partial charge in [-0.2, -0.15) is 0 Å². The third-order valence-electron chi connectivity index (χ3n) is 1.64. The zero-order chi connectivity index (χ0) is 9.73. The smallest absolute Gasteiger partial charge is 0.327 e. The highest BCUT2D eigenvalue weighted by Crippen LogP contribution is 1.94. The molecule has 5 heteroatoms. The van der Waals surface area contributed by atoms with Crippen LogP contribution in [0.3, 0.4) is 0 Å². The van der Waals surface area contributed by atoms with E-state index in [2.05, 4.69) is 0 Å². The topological polar surface area (TPSA) is 77.3 Å². The molecule has 0 radical (unpaired) electrons. The van der Waals surface area contributed by atoms with Crippen LogP contribution in [0.5, 0.6) is 0 Å². The number of aliphatic hydroxyl groups is 3. The van der Waals surface area contributed by atoms with E-state index in [1.54, 1.807) is 5.32 Å². The number of benzene rings is 1. The van der Waals surface area contributed by atoms with Crippen LogP contribution >= 0.6 is 0 Å². The second kappa shape index (κ2) is 5.95. The summed E-state index contributed by atoms with van der Waals surface area (Å²) in [5, 5.41) is 27.3. The Morgan fingerprint density at radius 1 is 1.07 bits per heavy atom. The number of nitrogens with two attached hydrogens (primary N) is 1. The summed E-state index contributed by atoms with van der Waals surface area (Å²) < 4.78 is 0. The van der Waals surface area contributed by atoms with Gasteiger partial charge in [-0.15, -0.1) is 0 Å². The molecule has 1 aromatic rings. The van der Waals surface area contributed by atoms with Crippen LogP contribution in [-0.4, -0.2) is 27.8 Å². The molecule has 0 bridgehead atoms. The van der Waals surface area contributed by atoms with Crippen molar-refractivity contribution in [3.05, 3.63) is 35.9 Å². The highest BCUT2D eigenvalue weighted by molar-refractivity contribution is 5.12. The quantitative estimate of drug-likeness (QED) is 0.385. The second-order valence-corrected chi connectivity index (χ2v) is 2.96. The molecular formula is C9H14ClNO3. The number of quaternary nitrogens is 1. The molecule has 0 unspecified atom stereocenters. The van der Waals surface area contributed by atoms with Gasteiger partial charge in [-0.3, -0.25) is 0 Å². The Morgan fingerprint density at radius 2 is 1.64 bits per heavy atom. The van der Waals surface area contributed by atoms with Gasteiger partial charge < -0.3 is 33.0 Å². The first-order chi connectivity index (χ1) is 6.08. The Labute approximate surface area is 88.6 Å². The number of halogens is 1. The standard InChI is InChI=1S/C9H13NO3.ClH/c11-9(12,13)7-10-6-8-4-2-1-3-5-8;/h1-5,10-13H,6-7H2;1H. The molecule has 0 spiro atoms. The van der Waals surface area contributed by atoms with Crippen LogP contribution < -0.4 is 17.7 Å². The summed E-state index contributed by atoms with van der Waals surface area (Å²) in [5.74, 6) is -2.57. The predicted molar refractivity (Wildman–Crippen MR) is 46.3 cm³/mol. The van der Waals surface area contributed by atoms with Crippen molar-refractivity contribution in [2.24, 2.45) is 0 Å². The molecule has 0 saturated carbocycles. The van der Waals surface area contributed by atoms with Gasteiger partial charge in [0.2, 0.25) is 0 Å². The van der Waals surface area contributed by atoms with Gasteiger partial charge in [0.25, 0.3) is 0 Å². The number of hydrogen-bond acceptors (Lipinski definition) is 3. The average molecular weight is 220 g/mol. The van der Waals surface area contributed by atoms with E-state index in [0.29, 0.717) is 6.54 Å². The molecule has 0 aliphatic heterocycles. The first-order valence-electron chi connectivity index (χ1n) is 4.11. The molecule has 4 nitrogen and oxygen atoms in total. The summed E-state index contributed by atoms with van der Waals surface area (Å²) in [6.07, 6.45) is 0. The van der Waals surface area contributed by atoms with E-state index in [-0.39, 0.29) is 19.0 Å². The highest BCUT2D eigenvalue weighted by Gasteiger charge is 2.19. The van der Waals surface area contributed by atoms with Crippen molar-refractivity contribution in [2.75, 3.05) is 6.54 Å². The van der Waals surface area contributed by atoms with Crippen LogP contribution in [0.4, 0.5) is 0 Å². The molecular weight excluding hydrogens is 206 g/mol. The van der Waals surface area contributed by atoms with Gasteiger partial charge in [0.1, 0.15) is 6.54 Å². The zero-order valence-electron chi connectivity index (χ0n) is 7.60. The van der Waals surface area contributed by atoms with Crippen molar-refractivity contribution in [2.45, 2.75) is 12.5 Å². The monoisotopic (exact) mass is 219 g/mol. The summed E-state index contributed by atoms with van der Waals surface area (Å²) in [4.78, 5) is 0. The summed E-state index contributed by atoms with van der Waals surface area (Å²) in [6, 6.07) is 9.60. The van der Waals surface area contributed by atoms with Crippen LogP contribution in [-0.2, 0) is 6.54 Å². The molecule has 0 atom stereocenters. The molecule has 14 heavy (non-hydrogen) atoms. The second-order valence-electron chi connectivity index (χ2n) is 2.96. The molecule has 0 aliphatic rings. The molecule has 5 N–H and O–H groups in total. The van der Waals surface area contributed by atoms with Gasteiger partial charge in [0, 0.05) is 5.56 Å². The Kier molecular flexibility index (Phi) is 5.68. The highest BCUT2D eigenvalue weighted by atomic mass is 35.5. The summed E-state index contributed by atoms with van der Waals surface area (Å²) >= 11 is 0. The third-order valence-corrected chi connectivity index (χ3v) is 1.64. The predicted octanol–water partition coefficient (Wildman–Crippen LogP) is -4.62. The molecule has 0 fully saturated rings. The molecule has 0 amide bonds. The van der Waals surface area contributed by atoms with Gasteiger partial charge in [-0.05, 0) is 0 Å². The van der Waals surface area contributed by atoms with E-state index in [9.17, 15) is 0 Å². The lowest BCUT2D eigenvalue weighted by Gasteiger charge is -2.11. The van der Waals surface area contributed by atoms with E-state index in [1.807, 2.05) is 30.3 Å². The van der Waals surface area contributed by atoms with E-state index in [0.717, 1.165) is 5.56 Å². The van der Waals surface area contributed by atoms with E-state index in [1.165, 1.54) is 0 Å². The van der Waals surface area contributed by atoms with Crippen molar-refractivity contribution in [3.8, 4) is 0 Å². The van der Waals surface area contributed by atoms with Crippen LogP contribution in [0.25, 0.3) is 0 Å². The van der Waals surface area contributed by atoms with Gasteiger partial charge in [0.05, 0.1) is 0 Å². The summed E-state index contributed by atoms with van der Waals surface area (Å²) in [6.45, 7) is 0.464. The zero-order valence-corrected chi connectivity index (χ0v) is 8.35. The Hall–Kier alpha value is -0.650. The summed E-state index contributed by atoms with van der Waals surface area (Å²) in [5.41, 5.74) is 1.08. The number of rotatable bonds is 4. The first kappa shape index (κ1) is 13.4. The first-order valence-corrected chi connectivity index (χ1v) is 4.11. The fourth-order valence-electron chi connectivity index (χ4n) is 1.05. The maximum Gasteiger partial charge on any atom is 0.327 e. The van der Waals surface area contributed by atoms with Crippen molar-refractivity contribution < 1.29 is 33.0 Å². The minimum Gasteiger partial charge on any atom is -1.00 e. The van der Waals surface area contributed by atoms with Crippen molar-refractivity contribution in [1.29, 1.82) is 0 Å². The molecule has 0 aromatic heterocycles. The minimum absolute atomic E-state index is 0. The SMILES string of the molecule is OC(O)(O)C[NH2+]Cc1ccccc1.[Cl-]. The maximum atomic E-state index is 8.58. The largest absolute Gasteiger partial charge is 1.00 e. The van der Waals surface area contributed by atoms with Crippen molar-refractivity contribution in [1.82, 2.24) is 0 Å². The van der Waals surface area contributed by atoms with Crippen LogP contribution in [0.1, 0.15) is 5.56 Å². The van der Waals surface area contributed by atoms with Crippen LogP contribution in [0.15, 0.2) is 30.3 Å². The average Bonchev–Trinajstić information content (AvgIpc) is 2.04. The lowest BCUT2D eigenvalue weighted by Crippen LogP contribution is -3.00. The fraction of sp³-hybridized carbons (Fsp3) is 0.333. The lowest BCUT2D eigenvalue weighted by atomic mass is 10.2. The van der Waals surface area contributed by atoms with E-state index in [4.69, 9.17) is 15.3 Å². The summed E-state index contributed by atoms with van der Waals surface area (Å²) in [7, 11) is 0. The molecule has 1 rings (SSSR count). The van der Waals surface area contributed by atoms with Gasteiger partial charge in [-0.1, -0.05) is 30.3 Å². The normalized spacial score (nSPS) is 10.8. The minimum atomic E-state index is -2.57. The number of hydrogen-bond donors (Lipinski definition) is 4. The molecule has 1 aromatic carbocycles. The molecule has 80 valence electrons. The van der Waals surface area contributed by atoms with Crippen LogP contribution in [0.2, 0.25) is 0 Å². The molecule has 0 aliphatic carbocycles. The van der Waals surface area contributed by atoms with Gasteiger partial charge in [0.15, 0.2) is 6.54 Å². The van der Waals surface area contributed by atoms with E-state index < -0.39 is 5.97 Å². The van der Waals surface area contributed by atoms with E-state index >= 15 is 0 Å². The molecule has 0 saturated heterocycles.